The van der Waals surface area contributed by atoms with Crippen LogP contribution in [0.15, 0.2) is 48.8 Å². The zero-order valence-electron chi connectivity index (χ0n) is 10.4. The molecule has 3 nitrogen and oxygen atoms in total. The topological polar surface area (TPSA) is 42.9 Å². The van der Waals surface area contributed by atoms with Gasteiger partial charge in [-0.1, -0.05) is 12.1 Å². The second-order valence-corrected chi connectivity index (χ2v) is 5.98. The van der Waals surface area contributed by atoms with E-state index in [-0.39, 0.29) is 10.5 Å². The summed E-state index contributed by atoms with van der Waals surface area (Å²) in [6.07, 6.45) is 4.71. The summed E-state index contributed by atoms with van der Waals surface area (Å²) in [6, 6.07) is 11.7. The van der Waals surface area contributed by atoms with Crippen molar-refractivity contribution >= 4 is 17.5 Å². The number of carbonyl (C=O) groups excluding carboxylic acids is 1. The summed E-state index contributed by atoms with van der Waals surface area (Å²) in [5.74, 6) is 0.296. The van der Waals surface area contributed by atoms with Crippen molar-refractivity contribution < 1.29 is 4.79 Å². The Morgan fingerprint density at radius 3 is 1.84 bits per heavy atom. The molecule has 0 N–H and O–H groups in total. The summed E-state index contributed by atoms with van der Waals surface area (Å²) < 4.78 is 0. The van der Waals surface area contributed by atoms with Gasteiger partial charge in [0.05, 0.1) is 21.9 Å². The Bertz CT molecular complexity index is 509. The molecule has 4 heteroatoms. The average molecular weight is 270 g/mol. The number of ketones is 1. The number of rotatable bonds is 2. The Balaban J connectivity index is 1.84. The Morgan fingerprint density at radius 1 is 0.895 bits per heavy atom. The normalized spacial score (nSPS) is 23.3. The predicted octanol–water partition coefficient (Wildman–Crippen LogP) is 3.36. The number of thioether (sulfide) groups is 1. The molecule has 0 amide bonds. The lowest BCUT2D eigenvalue weighted by molar-refractivity contribution is -0.119. The summed E-state index contributed by atoms with van der Waals surface area (Å²) in [5, 5.41) is 0.295. The van der Waals surface area contributed by atoms with Gasteiger partial charge in [0.25, 0.3) is 0 Å². The van der Waals surface area contributed by atoms with Gasteiger partial charge in [-0.25, -0.2) is 0 Å². The Labute approximate surface area is 116 Å². The first kappa shape index (κ1) is 12.4. The molecule has 96 valence electrons. The van der Waals surface area contributed by atoms with Crippen LogP contribution < -0.4 is 0 Å². The number of carbonyl (C=O) groups is 1. The average Bonchev–Trinajstić information content (AvgIpc) is 2.48. The van der Waals surface area contributed by atoms with Crippen LogP contribution in [0.5, 0.6) is 0 Å². The first-order valence-corrected chi connectivity index (χ1v) is 7.26. The number of Topliss-reactive ketones (excluding diaryl/α,β-unsaturated/α-hetero) is 1. The van der Waals surface area contributed by atoms with E-state index in [1.807, 2.05) is 36.4 Å². The second-order valence-electron chi connectivity index (χ2n) is 4.57. The third-order valence-corrected chi connectivity index (χ3v) is 4.66. The van der Waals surface area contributed by atoms with Crippen molar-refractivity contribution in [1.82, 2.24) is 9.97 Å². The molecule has 0 radical (unpaired) electrons. The van der Waals surface area contributed by atoms with Gasteiger partial charge >= 0.3 is 0 Å². The molecule has 1 fully saturated rings. The Morgan fingerprint density at radius 2 is 1.42 bits per heavy atom. The fourth-order valence-corrected chi connectivity index (χ4v) is 3.79. The molecule has 0 unspecified atom stereocenters. The fraction of sp³-hybridized carbons (Fsp3) is 0.267. The molecule has 2 atom stereocenters. The van der Waals surface area contributed by atoms with Crippen LogP contribution in [0.25, 0.3) is 0 Å². The minimum Gasteiger partial charge on any atom is -0.300 e. The van der Waals surface area contributed by atoms with Crippen LogP contribution in [0, 0.1) is 0 Å². The maximum atomic E-state index is 12.0. The summed E-state index contributed by atoms with van der Waals surface area (Å²) in [5.41, 5.74) is 1.97. The highest BCUT2D eigenvalue weighted by Crippen LogP contribution is 2.47. The van der Waals surface area contributed by atoms with Gasteiger partial charge in [-0.05, 0) is 24.3 Å². The van der Waals surface area contributed by atoms with Gasteiger partial charge in [0.15, 0.2) is 0 Å². The first-order valence-electron chi connectivity index (χ1n) is 6.32. The molecule has 2 aromatic heterocycles. The highest BCUT2D eigenvalue weighted by molar-refractivity contribution is 7.99. The monoisotopic (exact) mass is 270 g/mol. The molecular weight excluding hydrogens is 256 g/mol. The molecule has 0 saturated carbocycles. The minimum atomic E-state index is 0.148. The highest BCUT2D eigenvalue weighted by Gasteiger charge is 2.31. The lowest BCUT2D eigenvalue weighted by Gasteiger charge is -2.27. The zero-order chi connectivity index (χ0) is 13.1. The standard InChI is InChI=1S/C15H14N2OS/c18-11-9-14(12-5-1-3-7-16-12)19-15(10-11)13-6-2-4-8-17-13/h1-8,14-15H,9-10H2/t14-,15-/m0/s1. The molecule has 0 bridgehead atoms. The van der Waals surface area contributed by atoms with E-state index >= 15 is 0 Å². The van der Waals surface area contributed by atoms with E-state index in [0.29, 0.717) is 18.6 Å². The largest absolute Gasteiger partial charge is 0.300 e. The van der Waals surface area contributed by atoms with Crippen LogP contribution in [0.3, 0.4) is 0 Å². The van der Waals surface area contributed by atoms with Crippen LogP contribution in [0.2, 0.25) is 0 Å². The van der Waals surface area contributed by atoms with Crippen molar-refractivity contribution in [2.45, 2.75) is 23.3 Å². The van der Waals surface area contributed by atoms with E-state index in [0.717, 1.165) is 11.4 Å². The molecule has 0 aromatic carbocycles. The minimum absolute atomic E-state index is 0.148. The van der Waals surface area contributed by atoms with Crippen molar-refractivity contribution in [3.63, 3.8) is 0 Å². The first-order chi connectivity index (χ1) is 9.33. The van der Waals surface area contributed by atoms with Crippen molar-refractivity contribution in [3.8, 4) is 0 Å². The summed E-state index contributed by atoms with van der Waals surface area (Å²) in [4.78, 5) is 20.7. The number of aromatic nitrogens is 2. The van der Waals surface area contributed by atoms with E-state index in [2.05, 4.69) is 9.97 Å². The van der Waals surface area contributed by atoms with E-state index in [1.54, 1.807) is 24.2 Å². The summed E-state index contributed by atoms with van der Waals surface area (Å²) in [7, 11) is 0. The summed E-state index contributed by atoms with van der Waals surface area (Å²) >= 11 is 1.80. The quantitative estimate of drug-likeness (QED) is 0.839. The lowest BCUT2D eigenvalue weighted by atomic mass is 10.0. The molecule has 0 spiro atoms. The van der Waals surface area contributed by atoms with Crippen molar-refractivity contribution in [2.24, 2.45) is 0 Å². The predicted molar refractivity (Wildman–Crippen MR) is 75.8 cm³/mol. The zero-order valence-corrected chi connectivity index (χ0v) is 11.2. The van der Waals surface area contributed by atoms with Crippen molar-refractivity contribution in [2.75, 3.05) is 0 Å². The molecule has 2 aromatic rings. The van der Waals surface area contributed by atoms with Crippen molar-refractivity contribution in [3.05, 3.63) is 60.2 Å². The molecule has 1 saturated heterocycles. The SMILES string of the molecule is O=C1C[C@@H](c2ccccn2)S[C@H](c2ccccn2)C1. The third-order valence-electron chi connectivity index (χ3n) is 3.19. The van der Waals surface area contributed by atoms with Gasteiger partial charge in [0, 0.05) is 25.2 Å². The maximum Gasteiger partial charge on any atom is 0.135 e. The lowest BCUT2D eigenvalue weighted by Crippen LogP contribution is -2.17. The highest BCUT2D eigenvalue weighted by atomic mass is 32.2. The smallest absolute Gasteiger partial charge is 0.135 e. The second kappa shape index (κ2) is 5.53. The van der Waals surface area contributed by atoms with Crippen LogP contribution in [-0.2, 0) is 4.79 Å². The number of pyridine rings is 2. The van der Waals surface area contributed by atoms with E-state index < -0.39 is 0 Å². The van der Waals surface area contributed by atoms with E-state index in [4.69, 9.17) is 0 Å². The van der Waals surface area contributed by atoms with Gasteiger partial charge in [-0.2, -0.15) is 0 Å². The number of hydrogen-bond donors (Lipinski definition) is 0. The van der Waals surface area contributed by atoms with Crippen molar-refractivity contribution in [1.29, 1.82) is 0 Å². The molecule has 0 aliphatic carbocycles. The Kier molecular flexibility index (Phi) is 3.60. The molecule has 1 aliphatic heterocycles. The number of nitrogens with zero attached hydrogens (tertiary/aromatic N) is 2. The third kappa shape index (κ3) is 2.84. The fourth-order valence-electron chi connectivity index (χ4n) is 2.27. The van der Waals surface area contributed by atoms with Crippen LogP contribution in [0.4, 0.5) is 0 Å². The number of hydrogen-bond acceptors (Lipinski definition) is 4. The maximum absolute atomic E-state index is 12.0. The van der Waals surface area contributed by atoms with Gasteiger partial charge in [-0.15, -0.1) is 11.8 Å². The molecule has 3 heterocycles. The van der Waals surface area contributed by atoms with E-state index in [9.17, 15) is 4.79 Å². The van der Waals surface area contributed by atoms with Gasteiger partial charge in [0.1, 0.15) is 5.78 Å². The van der Waals surface area contributed by atoms with Gasteiger partial charge in [-0.3, -0.25) is 14.8 Å². The van der Waals surface area contributed by atoms with Gasteiger partial charge < -0.3 is 0 Å². The van der Waals surface area contributed by atoms with Crippen LogP contribution in [-0.4, -0.2) is 15.8 Å². The van der Waals surface area contributed by atoms with E-state index in [1.165, 1.54) is 0 Å². The molecule has 19 heavy (non-hydrogen) atoms. The molecular formula is C15H14N2OS. The Hall–Kier alpha value is -1.68. The van der Waals surface area contributed by atoms with Gasteiger partial charge in [0.2, 0.25) is 0 Å². The summed E-state index contributed by atoms with van der Waals surface area (Å²) in [6.45, 7) is 0. The molecule has 1 aliphatic rings. The van der Waals surface area contributed by atoms with Crippen LogP contribution in [0.1, 0.15) is 34.7 Å². The molecule has 3 rings (SSSR count). The van der Waals surface area contributed by atoms with Crippen LogP contribution >= 0.6 is 11.8 Å².